The van der Waals surface area contributed by atoms with Crippen molar-refractivity contribution in [3.05, 3.63) is 35.2 Å². The van der Waals surface area contributed by atoms with Crippen molar-refractivity contribution in [2.45, 2.75) is 13.8 Å². The van der Waals surface area contributed by atoms with E-state index in [2.05, 4.69) is 20.5 Å². The molecule has 23 heavy (non-hydrogen) atoms. The largest absolute Gasteiger partial charge is 0.496 e. The number of methoxy groups -OCH3 is 3. The third-order valence-corrected chi connectivity index (χ3v) is 3.09. The van der Waals surface area contributed by atoms with Crippen molar-refractivity contribution in [2.24, 2.45) is 5.10 Å². The Kier molecular flexibility index (Phi) is 5.35. The van der Waals surface area contributed by atoms with Crippen molar-refractivity contribution in [1.29, 1.82) is 0 Å². The number of hydrogen-bond donors (Lipinski definition) is 1. The highest BCUT2D eigenvalue weighted by Gasteiger charge is 2.10. The summed E-state index contributed by atoms with van der Waals surface area (Å²) in [7, 11) is 4.73. The van der Waals surface area contributed by atoms with E-state index < -0.39 is 0 Å². The topological polar surface area (TPSA) is 77.9 Å². The predicted molar refractivity (Wildman–Crippen MR) is 88.8 cm³/mol. The fourth-order valence-corrected chi connectivity index (χ4v) is 2.09. The Bertz CT molecular complexity index is 696. The zero-order chi connectivity index (χ0) is 16.8. The molecule has 0 aliphatic rings. The number of anilines is 1. The third kappa shape index (κ3) is 4.09. The first-order chi connectivity index (χ1) is 11.1. The molecular formula is C16H20N4O3. The molecule has 0 atom stereocenters. The van der Waals surface area contributed by atoms with E-state index in [1.165, 1.54) is 0 Å². The van der Waals surface area contributed by atoms with Gasteiger partial charge in [0.25, 0.3) is 0 Å². The van der Waals surface area contributed by atoms with Gasteiger partial charge in [0.05, 0.1) is 27.5 Å². The minimum atomic E-state index is 0.443. The number of aryl methyl sites for hydroxylation is 2. The minimum absolute atomic E-state index is 0.443. The number of hydrogen-bond acceptors (Lipinski definition) is 7. The third-order valence-electron chi connectivity index (χ3n) is 3.09. The van der Waals surface area contributed by atoms with E-state index in [1.807, 2.05) is 19.9 Å². The molecule has 7 heteroatoms. The number of rotatable bonds is 6. The van der Waals surface area contributed by atoms with E-state index >= 15 is 0 Å². The van der Waals surface area contributed by atoms with Crippen LogP contribution in [0.1, 0.15) is 17.0 Å². The van der Waals surface area contributed by atoms with Crippen LogP contribution < -0.4 is 19.6 Å². The Hall–Kier alpha value is -2.83. The molecule has 7 nitrogen and oxygen atoms in total. The van der Waals surface area contributed by atoms with Crippen LogP contribution in [0.4, 0.5) is 5.95 Å². The second-order valence-corrected chi connectivity index (χ2v) is 4.79. The van der Waals surface area contributed by atoms with Crippen molar-refractivity contribution in [1.82, 2.24) is 9.97 Å². The summed E-state index contributed by atoms with van der Waals surface area (Å²) >= 11 is 0. The van der Waals surface area contributed by atoms with Gasteiger partial charge in [-0.15, -0.1) is 0 Å². The minimum Gasteiger partial charge on any atom is -0.496 e. The van der Waals surface area contributed by atoms with Crippen molar-refractivity contribution in [2.75, 3.05) is 26.8 Å². The molecule has 0 aliphatic carbocycles. The van der Waals surface area contributed by atoms with E-state index in [0.29, 0.717) is 23.2 Å². The van der Waals surface area contributed by atoms with Crippen LogP contribution in [0.5, 0.6) is 17.2 Å². The van der Waals surface area contributed by atoms with E-state index in [9.17, 15) is 0 Å². The van der Waals surface area contributed by atoms with Crippen LogP contribution in [0.15, 0.2) is 23.3 Å². The number of nitrogens with zero attached hydrogens (tertiary/aromatic N) is 3. The molecular weight excluding hydrogens is 296 g/mol. The van der Waals surface area contributed by atoms with Gasteiger partial charge in [-0.25, -0.2) is 15.4 Å². The normalized spacial score (nSPS) is 10.7. The Labute approximate surface area is 135 Å². The SMILES string of the molecule is COc1cc(OC)c(OC)cc1/C=N\Nc1nc(C)cc(C)n1. The summed E-state index contributed by atoms with van der Waals surface area (Å²) in [5.41, 5.74) is 5.30. The molecule has 1 N–H and O–H groups in total. The van der Waals surface area contributed by atoms with Crippen LogP contribution in [0.25, 0.3) is 0 Å². The lowest BCUT2D eigenvalue weighted by atomic mass is 10.2. The van der Waals surface area contributed by atoms with Gasteiger partial charge in [0, 0.05) is 23.0 Å². The van der Waals surface area contributed by atoms with Crippen LogP contribution in [-0.4, -0.2) is 37.5 Å². The average Bonchev–Trinajstić information content (AvgIpc) is 2.53. The van der Waals surface area contributed by atoms with Gasteiger partial charge in [0.2, 0.25) is 5.95 Å². The Morgan fingerprint density at radius 2 is 1.43 bits per heavy atom. The Morgan fingerprint density at radius 3 is 2.00 bits per heavy atom. The first-order valence-corrected chi connectivity index (χ1v) is 6.98. The van der Waals surface area contributed by atoms with Gasteiger partial charge in [-0.1, -0.05) is 0 Å². The van der Waals surface area contributed by atoms with Crippen LogP contribution in [0, 0.1) is 13.8 Å². The highest BCUT2D eigenvalue weighted by atomic mass is 16.5. The molecule has 1 aromatic carbocycles. The van der Waals surface area contributed by atoms with Crippen LogP contribution in [0.3, 0.4) is 0 Å². The quantitative estimate of drug-likeness (QED) is 0.652. The zero-order valence-electron chi connectivity index (χ0n) is 13.9. The van der Waals surface area contributed by atoms with Crippen molar-refractivity contribution < 1.29 is 14.2 Å². The van der Waals surface area contributed by atoms with E-state index in [4.69, 9.17) is 14.2 Å². The summed E-state index contributed by atoms with van der Waals surface area (Å²) < 4.78 is 15.9. The van der Waals surface area contributed by atoms with E-state index in [1.54, 1.807) is 39.7 Å². The number of ether oxygens (including phenoxy) is 3. The number of aromatic nitrogens is 2. The standard InChI is InChI=1S/C16H20N4O3/c1-10-6-11(2)19-16(18-10)20-17-9-12-7-14(22-4)15(23-5)8-13(12)21-3/h6-9H,1-5H3,(H,18,19,20)/b17-9-. The number of benzene rings is 1. The van der Waals surface area contributed by atoms with Crippen molar-refractivity contribution in [3.8, 4) is 17.2 Å². The lowest BCUT2D eigenvalue weighted by Crippen LogP contribution is -2.01. The second-order valence-electron chi connectivity index (χ2n) is 4.79. The maximum absolute atomic E-state index is 5.34. The molecule has 0 saturated heterocycles. The summed E-state index contributed by atoms with van der Waals surface area (Å²) in [4.78, 5) is 8.51. The summed E-state index contributed by atoms with van der Waals surface area (Å²) in [5.74, 6) is 2.25. The Balaban J connectivity index is 2.24. The second kappa shape index (κ2) is 7.44. The summed E-state index contributed by atoms with van der Waals surface area (Å²) in [6, 6.07) is 5.42. The predicted octanol–water partition coefficient (Wildman–Crippen LogP) is 2.57. The molecule has 0 unspecified atom stereocenters. The lowest BCUT2D eigenvalue weighted by Gasteiger charge is -2.11. The molecule has 0 bridgehead atoms. The summed E-state index contributed by atoms with van der Waals surface area (Å²) in [6.07, 6.45) is 1.61. The fraction of sp³-hybridized carbons (Fsp3) is 0.312. The summed E-state index contributed by atoms with van der Waals surface area (Å²) in [5, 5.41) is 4.16. The zero-order valence-corrected chi connectivity index (χ0v) is 13.9. The maximum atomic E-state index is 5.34. The Morgan fingerprint density at radius 1 is 0.870 bits per heavy atom. The molecule has 1 heterocycles. The van der Waals surface area contributed by atoms with Crippen LogP contribution >= 0.6 is 0 Å². The smallest absolute Gasteiger partial charge is 0.243 e. The molecule has 2 aromatic rings. The molecule has 122 valence electrons. The van der Waals surface area contributed by atoms with Gasteiger partial charge in [0.1, 0.15) is 5.75 Å². The van der Waals surface area contributed by atoms with Gasteiger partial charge >= 0.3 is 0 Å². The molecule has 0 saturated carbocycles. The van der Waals surface area contributed by atoms with Gasteiger partial charge in [0.15, 0.2) is 11.5 Å². The first kappa shape index (κ1) is 16.5. The van der Waals surface area contributed by atoms with Crippen molar-refractivity contribution >= 4 is 12.2 Å². The van der Waals surface area contributed by atoms with Gasteiger partial charge in [-0.3, -0.25) is 0 Å². The number of hydrazone groups is 1. The highest BCUT2D eigenvalue weighted by molar-refractivity contribution is 5.85. The highest BCUT2D eigenvalue weighted by Crippen LogP contribution is 2.33. The van der Waals surface area contributed by atoms with Gasteiger partial charge < -0.3 is 14.2 Å². The van der Waals surface area contributed by atoms with E-state index in [-0.39, 0.29) is 0 Å². The molecule has 0 radical (unpaired) electrons. The molecule has 1 aromatic heterocycles. The lowest BCUT2D eigenvalue weighted by molar-refractivity contribution is 0.349. The first-order valence-electron chi connectivity index (χ1n) is 6.98. The van der Waals surface area contributed by atoms with Crippen LogP contribution in [-0.2, 0) is 0 Å². The number of nitrogens with one attached hydrogen (secondary N) is 1. The van der Waals surface area contributed by atoms with Crippen LogP contribution in [0.2, 0.25) is 0 Å². The van der Waals surface area contributed by atoms with E-state index in [0.717, 1.165) is 17.0 Å². The molecule has 0 aliphatic heterocycles. The average molecular weight is 316 g/mol. The maximum Gasteiger partial charge on any atom is 0.243 e. The molecule has 0 amide bonds. The van der Waals surface area contributed by atoms with Gasteiger partial charge in [-0.2, -0.15) is 5.10 Å². The van der Waals surface area contributed by atoms with Gasteiger partial charge in [-0.05, 0) is 26.0 Å². The van der Waals surface area contributed by atoms with Crippen molar-refractivity contribution in [3.63, 3.8) is 0 Å². The molecule has 0 spiro atoms. The summed E-state index contributed by atoms with van der Waals surface area (Å²) in [6.45, 7) is 3.81. The molecule has 2 rings (SSSR count). The fourth-order valence-electron chi connectivity index (χ4n) is 2.09. The molecule has 0 fully saturated rings. The monoisotopic (exact) mass is 316 g/mol.